The number of nitrogens with zero attached hydrogens (tertiary/aromatic N) is 3. The van der Waals surface area contributed by atoms with Gasteiger partial charge in [0.1, 0.15) is 0 Å². The van der Waals surface area contributed by atoms with Gasteiger partial charge in [-0.2, -0.15) is 0 Å². The third-order valence-corrected chi connectivity index (χ3v) is 5.62. The zero-order chi connectivity index (χ0) is 13.2. The summed E-state index contributed by atoms with van der Waals surface area (Å²) in [4.78, 5) is 7.63. The molecule has 0 saturated carbocycles. The van der Waals surface area contributed by atoms with Gasteiger partial charge in [-0.1, -0.05) is 12.1 Å². The molecule has 0 amide bonds. The van der Waals surface area contributed by atoms with Crippen molar-refractivity contribution in [3.8, 4) is 0 Å². The van der Waals surface area contributed by atoms with Crippen molar-refractivity contribution in [3.63, 3.8) is 0 Å². The second-order valence-corrected chi connectivity index (χ2v) is 6.71. The monoisotopic (exact) mass is 257 g/mol. The number of likely N-dealkylation sites (N-methyl/N-ethyl adjacent to an activating group) is 2. The molecule has 2 atom stereocenters. The molecule has 3 aliphatic heterocycles. The summed E-state index contributed by atoms with van der Waals surface area (Å²) in [5.74, 6) is 0.674. The van der Waals surface area contributed by atoms with Crippen LogP contribution < -0.4 is 9.80 Å². The number of hydrogen-bond donors (Lipinski definition) is 0. The average Bonchev–Trinajstić information content (AvgIpc) is 2.65. The zero-order valence-electron chi connectivity index (χ0n) is 12.2. The molecule has 1 saturated heterocycles. The van der Waals surface area contributed by atoms with Crippen molar-refractivity contribution in [2.75, 3.05) is 50.1 Å². The SMILES string of the molecule is CN1CC[C@@]2(C)[C@@H](C1)c1cccc3c1N2CCN3C. The van der Waals surface area contributed by atoms with Gasteiger partial charge in [0.15, 0.2) is 0 Å². The minimum atomic E-state index is 0.339. The van der Waals surface area contributed by atoms with Gasteiger partial charge in [-0.3, -0.25) is 0 Å². The Morgan fingerprint density at radius 2 is 2.00 bits per heavy atom. The molecule has 0 spiro atoms. The summed E-state index contributed by atoms with van der Waals surface area (Å²) in [5, 5.41) is 0. The van der Waals surface area contributed by atoms with Crippen LogP contribution in [0.2, 0.25) is 0 Å². The van der Waals surface area contributed by atoms with E-state index >= 15 is 0 Å². The summed E-state index contributed by atoms with van der Waals surface area (Å²) >= 11 is 0. The average molecular weight is 257 g/mol. The Balaban J connectivity index is 1.91. The molecule has 0 aliphatic carbocycles. The van der Waals surface area contributed by atoms with Crippen molar-refractivity contribution >= 4 is 11.4 Å². The van der Waals surface area contributed by atoms with Crippen molar-refractivity contribution in [1.82, 2.24) is 4.90 Å². The highest BCUT2D eigenvalue weighted by Crippen LogP contribution is 2.55. The van der Waals surface area contributed by atoms with Crippen molar-refractivity contribution in [2.24, 2.45) is 0 Å². The van der Waals surface area contributed by atoms with Gasteiger partial charge in [0.2, 0.25) is 0 Å². The van der Waals surface area contributed by atoms with E-state index in [1.54, 1.807) is 5.56 Å². The normalized spacial score (nSPS) is 33.3. The van der Waals surface area contributed by atoms with E-state index in [1.165, 1.54) is 37.4 Å². The van der Waals surface area contributed by atoms with E-state index < -0.39 is 0 Å². The first kappa shape index (κ1) is 11.6. The van der Waals surface area contributed by atoms with Gasteiger partial charge in [0, 0.05) is 44.7 Å². The zero-order valence-corrected chi connectivity index (χ0v) is 12.2. The maximum absolute atomic E-state index is 2.72. The molecule has 3 nitrogen and oxygen atoms in total. The molecule has 3 heteroatoms. The Kier molecular flexibility index (Phi) is 2.23. The van der Waals surface area contributed by atoms with Gasteiger partial charge in [0.05, 0.1) is 11.4 Å². The molecule has 1 aromatic carbocycles. The first-order valence-electron chi connectivity index (χ1n) is 7.41. The lowest BCUT2D eigenvalue weighted by Gasteiger charge is -2.48. The van der Waals surface area contributed by atoms with Crippen LogP contribution in [0.3, 0.4) is 0 Å². The van der Waals surface area contributed by atoms with E-state index in [1.807, 2.05) is 0 Å². The fourth-order valence-electron chi connectivity index (χ4n) is 4.37. The number of hydrogen-bond acceptors (Lipinski definition) is 3. The Morgan fingerprint density at radius 3 is 2.84 bits per heavy atom. The van der Waals surface area contributed by atoms with Crippen LogP contribution >= 0.6 is 0 Å². The largest absolute Gasteiger partial charge is 0.371 e. The van der Waals surface area contributed by atoms with Crippen molar-refractivity contribution in [2.45, 2.75) is 24.8 Å². The molecule has 0 radical (unpaired) electrons. The summed E-state index contributed by atoms with van der Waals surface area (Å²) < 4.78 is 0. The summed E-state index contributed by atoms with van der Waals surface area (Å²) in [6.07, 6.45) is 1.28. The molecule has 1 fully saturated rings. The molecule has 3 aliphatic rings. The topological polar surface area (TPSA) is 9.72 Å². The standard InChI is InChI=1S/C16H23N3/c1-16-7-8-17(2)11-13(16)12-5-4-6-14-15(12)19(16)10-9-18(14)3/h4-6,13H,7-11H2,1-3H3/t13-,16-/m0/s1. The van der Waals surface area contributed by atoms with Gasteiger partial charge >= 0.3 is 0 Å². The summed E-state index contributed by atoms with van der Waals surface area (Å²) in [6.45, 7) is 7.24. The first-order valence-corrected chi connectivity index (χ1v) is 7.41. The fourth-order valence-corrected chi connectivity index (χ4v) is 4.37. The van der Waals surface area contributed by atoms with E-state index in [-0.39, 0.29) is 0 Å². The van der Waals surface area contributed by atoms with Gasteiger partial charge in [-0.05, 0) is 32.0 Å². The molecule has 0 aromatic heterocycles. The number of anilines is 2. The number of likely N-dealkylation sites (tertiary alicyclic amines) is 1. The predicted octanol–water partition coefficient (Wildman–Crippen LogP) is 2.13. The van der Waals surface area contributed by atoms with Crippen LogP contribution in [0.15, 0.2) is 18.2 Å². The number of fused-ring (bicyclic) bond motifs is 3. The minimum Gasteiger partial charge on any atom is -0.371 e. The summed E-state index contributed by atoms with van der Waals surface area (Å²) in [6, 6.07) is 6.89. The Hall–Kier alpha value is -1.22. The van der Waals surface area contributed by atoms with Crippen LogP contribution in [0, 0.1) is 0 Å². The number of para-hydroxylation sites is 1. The van der Waals surface area contributed by atoms with E-state index in [4.69, 9.17) is 0 Å². The lowest BCUT2D eigenvalue weighted by atomic mass is 9.78. The lowest BCUT2D eigenvalue weighted by molar-refractivity contribution is 0.175. The number of rotatable bonds is 0. The summed E-state index contributed by atoms with van der Waals surface area (Å²) in [5.41, 5.74) is 4.88. The maximum atomic E-state index is 2.72. The number of piperidine rings is 1. The van der Waals surface area contributed by atoms with Crippen LogP contribution in [-0.2, 0) is 0 Å². The molecule has 1 aromatic rings. The van der Waals surface area contributed by atoms with Gasteiger partial charge < -0.3 is 14.7 Å². The van der Waals surface area contributed by atoms with Gasteiger partial charge in [-0.25, -0.2) is 0 Å². The van der Waals surface area contributed by atoms with Crippen LogP contribution in [0.5, 0.6) is 0 Å². The van der Waals surface area contributed by atoms with E-state index in [9.17, 15) is 0 Å². The molecule has 0 bridgehead atoms. The highest BCUT2D eigenvalue weighted by molar-refractivity contribution is 5.81. The first-order chi connectivity index (χ1) is 9.11. The van der Waals surface area contributed by atoms with Gasteiger partial charge in [-0.15, -0.1) is 0 Å². The quantitative estimate of drug-likeness (QED) is 0.705. The van der Waals surface area contributed by atoms with Crippen LogP contribution in [0.25, 0.3) is 0 Å². The third kappa shape index (κ3) is 1.37. The predicted molar refractivity (Wildman–Crippen MR) is 80.3 cm³/mol. The fraction of sp³-hybridized carbons (Fsp3) is 0.625. The van der Waals surface area contributed by atoms with Crippen molar-refractivity contribution < 1.29 is 0 Å². The molecule has 3 heterocycles. The second-order valence-electron chi connectivity index (χ2n) is 6.71. The van der Waals surface area contributed by atoms with Crippen molar-refractivity contribution in [3.05, 3.63) is 23.8 Å². The molecule has 0 N–H and O–H groups in total. The Labute approximate surface area is 115 Å². The van der Waals surface area contributed by atoms with E-state index in [0.717, 1.165) is 6.54 Å². The van der Waals surface area contributed by atoms with E-state index in [0.29, 0.717) is 11.5 Å². The van der Waals surface area contributed by atoms with E-state index in [2.05, 4.69) is 53.9 Å². The molecular weight excluding hydrogens is 234 g/mol. The summed E-state index contributed by atoms with van der Waals surface area (Å²) in [7, 11) is 4.49. The molecule has 102 valence electrons. The van der Waals surface area contributed by atoms with Crippen molar-refractivity contribution in [1.29, 1.82) is 0 Å². The highest BCUT2D eigenvalue weighted by atomic mass is 15.3. The third-order valence-electron chi connectivity index (χ3n) is 5.62. The number of benzene rings is 1. The molecule has 4 rings (SSSR count). The van der Waals surface area contributed by atoms with Crippen LogP contribution in [0.4, 0.5) is 11.4 Å². The molecule has 0 unspecified atom stereocenters. The van der Waals surface area contributed by atoms with Crippen LogP contribution in [0.1, 0.15) is 24.8 Å². The smallest absolute Gasteiger partial charge is 0.0646 e. The molecular formula is C16H23N3. The Morgan fingerprint density at radius 1 is 1.16 bits per heavy atom. The highest BCUT2D eigenvalue weighted by Gasteiger charge is 2.51. The molecule has 19 heavy (non-hydrogen) atoms. The Bertz CT molecular complexity index is 527. The minimum absolute atomic E-state index is 0.339. The second kappa shape index (κ2) is 3.66. The van der Waals surface area contributed by atoms with Crippen LogP contribution in [-0.4, -0.2) is 50.7 Å². The lowest BCUT2D eigenvalue weighted by Crippen LogP contribution is -2.56. The maximum Gasteiger partial charge on any atom is 0.0646 e. The van der Waals surface area contributed by atoms with Gasteiger partial charge in [0.25, 0.3) is 0 Å².